The third kappa shape index (κ3) is 1.96. The van der Waals surface area contributed by atoms with E-state index < -0.39 is 0 Å². The van der Waals surface area contributed by atoms with E-state index in [1.54, 1.807) is 23.5 Å². The van der Waals surface area contributed by atoms with E-state index >= 15 is 0 Å². The SMILES string of the molecule is Nc1ccc(Sc2nncs2)c2ncccc12. The first-order valence-electron chi connectivity index (χ1n) is 4.92. The molecule has 0 saturated heterocycles. The third-order valence-corrected chi connectivity index (χ3v) is 4.13. The second kappa shape index (κ2) is 4.31. The molecule has 2 aromatic heterocycles. The number of nitrogens with zero attached hydrogens (tertiary/aromatic N) is 3. The highest BCUT2D eigenvalue weighted by Gasteiger charge is 2.08. The monoisotopic (exact) mass is 260 g/mol. The Hall–Kier alpha value is -1.66. The maximum atomic E-state index is 5.92. The lowest BCUT2D eigenvalue weighted by molar-refractivity contribution is 1.01. The van der Waals surface area contributed by atoms with Crippen LogP contribution in [0.2, 0.25) is 0 Å². The van der Waals surface area contributed by atoms with Crippen molar-refractivity contribution < 1.29 is 0 Å². The van der Waals surface area contributed by atoms with Crippen LogP contribution in [0.4, 0.5) is 5.69 Å². The lowest BCUT2D eigenvalue weighted by Crippen LogP contribution is -1.89. The summed E-state index contributed by atoms with van der Waals surface area (Å²) in [5.74, 6) is 0. The van der Waals surface area contributed by atoms with Crippen LogP contribution in [-0.4, -0.2) is 15.2 Å². The zero-order valence-corrected chi connectivity index (χ0v) is 10.3. The summed E-state index contributed by atoms with van der Waals surface area (Å²) in [4.78, 5) is 5.43. The number of hydrogen-bond donors (Lipinski definition) is 1. The molecule has 2 heterocycles. The van der Waals surface area contributed by atoms with Crippen LogP contribution >= 0.6 is 23.1 Å². The second-order valence-electron chi connectivity index (χ2n) is 3.36. The molecular formula is C11H8N4S2. The smallest absolute Gasteiger partial charge is 0.178 e. The first-order chi connectivity index (χ1) is 8.34. The van der Waals surface area contributed by atoms with Gasteiger partial charge in [0.05, 0.1) is 5.52 Å². The molecule has 17 heavy (non-hydrogen) atoms. The first kappa shape index (κ1) is 10.5. The fourth-order valence-electron chi connectivity index (χ4n) is 1.55. The summed E-state index contributed by atoms with van der Waals surface area (Å²) >= 11 is 3.07. The van der Waals surface area contributed by atoms with Crippen molar-refractivity contribution in [2.24, 2.45) is 0 Å². The van der Waals surface area contributed by atoms with Crippen molar-refractivity contribution in [1.82, 2.24) is 15.2 Å². The van der Waals surface area contributed by atoms with E-state index in [0.29, 0.717) is 0 Å². The Kier molecular flexibility index (Phi) is 2.66. The van der Waals surface area contributed by atoms with E-state index in [2.05, 4.69) is 15.2 Å². The number of nitrogen functional groups attached to an aromatic ring is 1. The fraction of sp³-hybridized carbons (Fsp3) is 0. The van der Waals surface area contributed by atoms with Crippen molar-refractivity contribution in [1.29, 1.82) is 0 Å². The number of anilines is 1. The molecule has 0 aliphatic rings. The van der Waals surface area contributed by atoms with E-state index in [4.69, 9.17) is 5.73 Å². The van der Waals surface area contributed by atoms with Crippen molar-refractivity contribution >= 4 is 39.7 Å². The first-order valence-corrected chi connectivity index (χ1v) is 6.61. The van der Waals surface area contributed by atoms with Gasteiger partial charge in [0.15, 0.2) is 4.34 Å². The summed E-state index contributed by atoms with van der Waals surface area (Å²) in [5.41, 5.74) is 9.30. The van der Waals surface area contributed by atoms with Gasteiger partial charge in [-0.3, -0.25) is 4.98 Å². The molecule has 0 atom stereocenters. The molecular weight excluding hydrogens is 252 g/mol. The van der Waals surface area contributed by atoms with Gasteiger partial charge in [0, 0.05) is 22.2 Å². The van der Waals surface area contributed by atoms with Crippen LogP contribution < -0.4 is 5.73 Å². The highest BCUT2D eigenvalue weighted by atomic mass is 32.2. The van der Waals surface area contributed by atoms with E-state index in [0.717, 1.165) is 25.8 Å². The molecule has 0 unspecified atom stereocenters. The highest BCUT2D eigenvalue weighted by Crippen LogP contribution is 2.34. The molecule has 84 valence electrons. The molecule has 3 rings (SSSR count). The molecule has 0 radical (unpaired) electrons. The summed E-state index contributed by atoms with van der Waals surface area (Å²) in [6.45, 7) is 0. The molecule has 0 aliphatic heterocycles. The summed E-state index contributed by atoms with van der Waals surface area (Å²) in [7, 11) is 0. The van der Waals surface area contributed by atoms with Gasteiger partial charge in [-0.2, -0.15) is 0 Å². The molecule has 0 aliphatic carbocycles. The van der Waals surface area contributed by atoms with E-state index in [1.165, 1.54) is 11.3 Å². The van der Waals surface area contributed by atoms with E-state index in [1.807, 2.05) is 24.3 Å². The molecule has 0 amide bonds. The minimum atomic E-state index is 0.745. The third-order valence-electron chi connectivity index (χ3n) is 2.30. The maximum Gasteiger partial charge on any atom is 0.178 e. The minimum Gasteiger partial charge on any atom is -0.398 e. The quantitative estimate of drug-likeness (QED) is 0.718. The number of rotatable bonds is 2. The van der Waals surface area contributed by atoms with Crippen LogP contribution in [0.1, 0.15) is 0 Å². The van der Waals surface area contributed by atoms with Gasteiger partial charge in [0.25, 0.3) is 0 Å². The zero-order chi connectivity index (χ0) is 11.7. The molecule has 4 nitrogen and oxygen atoms in total. The minimum absolute atomic E-state index is 0.745. The number of benzene rings is 1. The average molecular weight is 260 g/mol. The Bertz CT molecular complexity index is 652. The van der Waals surface area contributed by atoms with Gasteiger partial charge < -0.3 is 5.73 Å². The molecule has 1 aromatic carbocycles. The zero-order valence-electron chi connectivity index (χ0n) is 8.70. The van der Waals surface area contributed by atoms with Gasteiger partial charge >= 0.3 is 0 Å². The Morgan fingerprint density at radius 2 is 2.18 bits per heavy atom. The van der Waals surface area contributed by atoms with Gasteiger partial charge in [-0.1, -0.05) is 23.1 Å². The van der Waals surface area contributed by atoms with Gasteiger partial charge in [-0.25, -0.2) is 0 Å². The van der Waals surface area contributed by atoms with Crippen molar-refractivity contribution in [2.75, 3.05) is 5.73 Å². The molecule has 2 N–H and O–H groups in total. The fourth-order valence-corrected chi connectivity index (χ4v) is 3.09. The van der Waals surface area contributed by atoms with Crippen LogP contribution in [0.3, 0.4) is 0 Å². The maximum absolute atomic E-state index is 5.92. The van der Waals surface area contributed by atoms with E-state index in [9.17, 15) is 0 Å². The van der Waals surface area contributed by atoms with Gasteiger partial charge in [-0.05, 0) is 24.3 Å². The van der Waals surface area contributed by atoms with Crippen LogP contribution in [-0.2, 0) is 0 Å². The number of pyridine rings is 1. The van der Waals surface area contributed by atoms with Crippen molar-refractivity contribution in [3.8, 4) is 0 Å². The Labute approximate surface area is 106 Å². The molecule has 0 spiro atoms. The number of nitrogens with two attached hydrogens (primary N) is 1. The predicted octanol–water partition coefficient (Wildman–Crippen LogP) is 2.82. The van der Waals surface area contributed by atoms with Crippen LogP contribution in [0.25, 0.3) is 10.9 Å². The molecule has 3 aromatic rings. The second-order valence-corrected chi connectivity index (χ2v) is 5.48. The largest absolute Gasteiger partial charge is 0.398 e. The predicted molar refractivity (Wildman–Crippen MR) is 70.2 cm³/mol. The standard InChI is InChI=1S/C11H8N4S2/c12-8-3-4-9(17-11-15-14-6-16-11)10-7(8)2-1-5-13-10/h1-6H,12H2. The number of aromatic nitrogens is 3. The summed E-state index contributed by atoms with van der Waals surface area (Å²) in [5, 5.41) is 8.81. The summed E-state index contributed by atoms with van der Waals surface area (Å²) in [6, 6.07) is 7.73. The molecule has 6 heteroatoms. The Balaban J connectivity index is 2.14. The lowest BCUT2D eigenvalue weighted by atomic mass is 10.2. The Morgan fingerprint density at radius 1 is 1.24 bits per heavy atom. The van der Waals surface area contributed by atoms with Crippen molar-refractivity contribution in [3.63, 3.8) is 0 Å². The average Bonchev–Trinajstić information content (AvgIpc) is 2.86. The summed E-state index contributed by atoms with van der Waals surface area (Å²) < 4.78 is 0.904. The molecule has 0 bridgehead atoms. The van der Waals surface area contributed by atoms with Gasteiger partial charge in [0.2, 0.25) is 0 Å². The number of fused-ring (bicyclic) bond motifs is 1. The van der Waals surface area contributed by atoms with E-state index in [-0.39, 0.29) is 0 Å². The van der Waals surface area contributed by atoms with Gasteiger partial charge in [-0.15, -0.1) is 10.2 Å². The van der Waals surface area contributed by atoms with Crippen molar-refractivity contribution in [3.05, 3.63) is 36.0 Å². The topological polar surface area (TPSA) is 64.7 Å². The molecule has 0 fully saturated rings. The Morgan fingerprint density at radius 3 is 3.00 bits per heavy atom. The van der Waals surface area contributed by atoms with Crippen molar-refractivity contribution in [2.45, 2.75) is 9.24 Å². The molecule has 0 saturated carbocycles. The van der Waals surface area contributed by atoms with Crippen LogP contribution in [0, 0.1) is 0 Å². The number of hydrogen-bond acceptors (Lipinski definition) is 6. The highest BCUT2D eigenvalue weighted by molar-refractivity contribution is 8.01. The van der Waals surface area contributed by atoms with Crippen LogP contribution in [0.15, 0.2) is 45.2 Å². The normalized spacial score (nSPS) is 10.8. The lowest BCUT2D eigenvalue weighted by Gasteiger charge is -2.05. The van der Waals surface area contributed by atoms with Gasteiger partial charge in [0.1, 0.15) is 5.51 Å². The van der Waals surface area contributed by atoms with Crippen LogP contribution in [0.5, 0.6) is 0 Å². The summed E-state index contributed by atoms with van der Waals surface area (Å²) in [6.07, 6.45) is 1.77.